The molecule has 0 atom stereocenters. The van der Waals surface area contributed by atoms with Gasteiger partial charge in [-0.15, -0.1) is 6.58 Å². The molecule has 2 aromatic rings. The van der Waals surface area contributed by atoms with Gasteiger partial charge in [0.1, 0.15) is 12.3 Å². The normalized spacial score (nSPS) is 14.8. The zero-order valence-electron chi connectivity index (χ0n) is 16.3. The van der Waals surface area contributed by atoms with Gasteiger partial charge in [-0.25, -0.2) is 4.79 Å². The second-order valence-corrected chi connectivity index (χ2v) is 7.66. The number of halogens is 2. The number of rotatable bonds is 8. The highest BCUT2D eigenvalue weighted by Gasteiger charge is 2.32. The molecule has 0 saturated carbocycles. The van der Waals surface area contributed by atoms with Crippen LogP contribution in [0.15, 0.2) is 59.2 Å². The van der Waals surface area contributed by atoms with E-state index in [2.05, 4.69) is 27.8 Å². The van der Waals surface area contributed by atoms with Crippen LogP contribution in [-0.4, -0.2) is 30.0 Å². The lowest BCUT2D eigenvalue weighted by molar-refractivity contribution is -0.122. The van der Waals surface area contributed by atoms with Crippen molar-refractivity contribution in [3.8, 4) is 11.5 Å². The minimum absolute atomic E-state index is 0.146. The summed E-state index contributed by atoms with van der Waals surface area (Å²) in [6.07, 6.45) is 3.09. The maximum Gasteiger partial charge on any atom is 0.329 e. The van der Waals surface area contributed by atoms with Crippen molar-refractivity contribution in [2.45, 2.75) is 13.5 Å². The van der Waals surface area contributed by atoms with Crippen LogP contribution in [0.25, 0.3) is 6.08 Å². The van der Waals surface area contributed by atoms with E-state index in [0.29, 0.717) is 39.8 Å². The van der Waals surface area contributed by atoms with Crippen molar-refractivity contribution in [1.29, 1.82) is 0 Å². The number of carbonyl (C=O) groups excluding carboxylic acids is 2. The predicted octanol–water partition coefficient (Wildman–Crippen LogP) is 5.16. The first-order valence-electron chi connectivity index (χ1n) is 9.22. The van der Waals surface area contributed by atoms with E-state index in [1.807, 2.05) is 19.1 Å². The Hall–Kier alpha value is -2.77. The molecule has 1 heterocycles. The minimum Gasteiger partial charge on any atom is -0.490 e. The topological polar surface area (TPSA) is 67.9 Å². The highest BCUT2D eigenvalue weighted by molar-refractivity contribution is 9.10. The largest absolute Gasteiger partial charge is 0.490 e. The van der Waals surface area contributed by atoms with Crippen LogP contribution in [0.4, 0.5) is 4.79 Å². The highest BCUT2D eigenvalue weighted by atomic mass is 79.9. The average molecular weight is 492 g/mol. The van der Waals surface area contributed by atoms with E-state index in [4.69, 9.17) is 21.1 Å². The molecule has 8 heteroatoms. The quantitative estimate of drug-likeness (QED) is 0.315. The fourth-order valence-electron chi connectivity index (χ4n) is 2.84. The highest BCUT2D eigenvalue weighted by Crippen LogP contribution is 2.38. The number of hydrogen-bond acceptors (Lipinski definition) is 4. The number of carbonyl (C=O) groups is 2. The second-order valence-electron chi connectivity index (χ2n) is 6.37. The summed E-state index contributed by atoms with van der Waals surface area (Å²) >= 11 is 9.44. The van der Waals surface area contributed by atoms with Crippen molar-refractivity contribution in [2.75, 3.05) is 13.2 Å². The molecule has 1 fully saturated rings. The van der Waals surface area contributed by atoms with Gasteiger partial charge in [-0.1, -0.05) is 29.8 Å². The van der Waals surface area contributed by atoms with Gasteiger partial charge in [-0.3, -0.25) is 9.69 Å². The van der Waals surface area contributed by atoms with Gasteiger partial charge in [0.05, 0.1) is 11.1 Å². The predicted molar refractivity (Wildman–Crippen MR) is 120 cm³/mol. The van der Waals surface area contributed by atoms with E-state index in [0.717, 1.165) is 10.5 Å². The van der Waals surface area contributed by atoms with Crippen molar-refractivity contribution in [3.63, 3.8) is 0 Å². The van der Waals surface area contributed by atoms with E-state index >= 15 is 0 Å². The summed E-state index contributed by atoms with van der Waals surface area (Å²) in [7, 11) is 0. The summed E-state index contributed by atoms with van der Waals surface area (Å²) in [6, 6.07) is 10.5. The molecule has 1 saturated heterocycles. The molecular weight excluding hydrogens is 472 g/mol. The van der Waals surface area contributed by atoms with Crippen molar-refractivity contribution < 1.29 is 19.1 Å². The molecular formula is C22H20BrClN2O4. The molecule has 0 aromatic heterocycles. The number of nitrogens with zero attached hydrogens (tertiary/aromatic N) is 1. The Kier molecular flexibility index (Phi) is 7.18. The van der Waals surface area contributed by atoms with Crippen LogP contribution in [0.5, 0.6) is 11.5 Å². The molecule has 30 heavy (non-hydrogen) atoms. The lowest BCUT2D eigenvalue weighted by Gasteiger charge is -2.15. The number of nitrogens with one attached hydrogen (secondary N) is 1. The molecule has 156 valence electrons. The molecule has 3 rings (SSSR count). The van der Waals surface area contributed by atoms with Crippen molar-refractivity contribution in [2.24, 2.45) is 0 Å². The van der Waals surface area contributed by atoms with Crippen molar-refractivity contribution >= 4 is 45.5 Å². The molecule has 0 unspecified atom stereocenters. The van der Waals surface area contributed by atoms with E-state index in [1.165, 1.54) is 6.08 Å². The molecule has 3 amide bonds. The van der Waals surface area contributed by atoms with Gasteiger partial charge in [0.25, 0.3) is 5.91 Å². The number of urea groups is 1. The lowest BCUT2D eigenvalue weighted by Crippen LogP contribution is -2.30. The summed E-state index contributed by atoms with van der Waals surface area (Å²) in [5.74, 6) is 0.661. The van der Waals surface area contributed by atoms with Gasteiger partial charge in [-0.05, 0) is 64.3 Å². The maximum atomic E-state index is 12.4. The first-order chi connectivity index (χ1) is 14.4. The zero-order chi connectivity index (χ0) is 21.7. The maximum absolute atomic E-state index is 12.4. The van der Waals surface area contributed by atoms with E-state index in [-0.39, 0.29) is 12.2 Å². The van der Waals surface area contributed by atoms with Crippen LogP contribution < -0.4 is 14.8 Å². The number of amides is 3. The van der Waals surface area contributed by atoms with Crippen LogP contribution in [0, 0.1) is 0 Å². The Morgan fingerprint density at radius 1 is 1.20 bits per heavy atom. The van der Waals surface area contributed by atoms with Crippen molar-refractivity contribution in [1.82, 2.24) is 10.2 Å². The van der Waals surface area contributed by atoms with Gasteiger partial charge in [0.15, 0.2) is 11.5 Å². The van der Waals surface area contributed by atoms with Crippen LogP contribution >= 0.6 is 27.5 Å². The first kappa shape index (κ1) is 21.9. The molecule has 0 spiro atoms. The zero-order valence-corrected chi connectivity index (χ0v) is 18.6. The van der Waals surface area contributed by atoms with Crippen LogP contribution in [0.1, 0.15) is 18.1 Å². The van der Waals surface area contributed by atoms with Gasteiger partial charge < -0.3 is 14.8 Å². The summed E-state index contributed by atoms with van der Waals surface area (Å²) in [5.41, 5.74) is 1.82. The molecule has 1 aliphatic heterocycles. The van der Waals surface area contributed by atoms with Gasteiger partial charge in [-0.2, -0.15) is 0 Å². The average Bonchev–Trinajstić information content (AvgIpc) is 2.97. The van der Waals surface area contributed by atoms with E-state index < -0.39 is 11.9 Å². The fourth-order valence-corrected chi connectivity index (χ4v) is 3.54. The third kappa shape index (κ3) is 5.04. The van der Waals surface area contributed by atoms with Gasteiger partial charge >= 0.3 is 6.03 Å². The molecule has 0 radical (unpaired) electrons. The smallest absolute Gasteiger partial charge is 0.329 e. The first-order valence-corrected chi connectivity index (χ1v) is 10.4. The van der Waals surface area contributed by atoms with Crippen LogP contribution in [0.3, 0.4) is 0 Å². The summed E-state index contributed by atoms with van der Waals surface area (Å²) < 4.78 is 12.4. The Morgan fingerprint density at radius 2 is 1.93 bits per heavy atom. The summed E-state index contributed by atoms with van der Waals surface area (Å²) in [6.45, 7) is 6.35. The van der Waals surface area contributed by atoms with Gasteiger partial charge in [0.2, 0.25) is 0 Å². The third-order valence-electron chi connectivity index (χ3n) is 4.21. The second kappa shape index (κ2) is 9.82. The monoisotopic (exact) mass is 490 g/mol. The Morgan fingerprint density at radius 3 is 2.60 bits per heavy atom. The minimum atomic E-state index is -0.474. The molecule has 2 aromatic carbocycles. The number of ether oxygens (including phenoxy) is 2. The molecule has 0 aliphatic carbocycles. The molecule has 1 N–H and O–H groups in total. The SMILES string of the molecule is C=CCN1C(=O)N/C(=C/c2cc(Br)c(OCc3ccc(Cl)cc3)c(OCC)c2)C1=O. The van der Waals surface area contributed by atoms with E-state index in [9.17, 15) is 9.59 Å². The Labute approximate surface area is 188 Å². The third-order valence-corrected chi connectivity index (χ3v) is 5.05. The molecule has 1 aliphatic rings. The number of hydrogen-bond donors (Lipinski definition) is 1. The lowest BCUT2D eigenvalue weighted by atomic mass is 10.1. The fraction of sp³-hybridized carbons (Fsp3) is 0.182. The van der Waals surface area contributed by atoms with Gasteiger partial charge in [0, 0.05) is 11.6 Å². The standard InChI is InChI=1S/C22H20BrClN2O4/c1-3-9-26-21(27)18(25-22(26)28)11-15-10-17(23)20(19(12-15)29-4-2)30-13-14-5-7-16(24)8-6-14/h3,5-8,10-12H,1,4,9,13H2,2H3,(H,25,28)/b18-11+. The van der Waals surface area contributed by atoms with Crippen LogP contribution in [-0.2, 0) is 11.4 Å². The Bertz CT molecular complexity index is 1000. The molecule has 6 nitrogen and oxygen atoms in total. The Balaban J connectivity index is 1.85. The summed E-state index contributed by atoms with van der Waals surface area (Å²) in [4.78, 5) is 25.4. The van der Waals surface area contributed by atoms with Crippen LogP contribution in [0.2, 0.25) is 5.02 Å². The van der Waals surface area contributed by atoms with Crippen molar-refractivity contribution in [3.05, 3.63) is 75.4 Å². The van der Waals surface area contributed by atoms with E-state index in [1.54, 1.807) is 30.3 Å². The number of imide groups is 1. The number of benzene rings is 2. The summed E-state index contributed by atoms with van der Waals surface area (Å²) in [5, 5.41) is 3.24. The molecule has 0 bridgehead atoms.